The number of carbonyl (C=O) groups is 1. The number of carbonyl (C=O) groups excluding carboxylic acids is 1. The van der Waals surface area contributed by atoms with Gasteiger partial charge in [-0.1, -0.05) is 0 Å². The van der Waals surface area contributed by atoms with Crippen molar-refractivity contribution in [3.05, 3.63) is 42.2 Å². The van der Waals surface area contributed by atoms with E-state index in [2.05, 4.69) is 0 Å². The van der Waals surface area contributed by atoms with Crippen molar-refractivity contribution in [2.75, 3.05) is 7.11 Å². The van der Waals surface area contributed by atoms with Gasteiger partial charge in [0.2, 0.25) is 5.91 Å². The van der Waals surface area contributed by atoms with Gasteiger partial charge < -0.3 is 19.6 Å². The van der Waals surface area contributed by atoms with Crippen LogP contribution in [0.3, 0.4) is 0 Å². The van der Waals surface area contributed by atoms with Crippen molar-refractivity contribution in [3.63, 3.8) is 0 Å². The fraction of sp³-hybridized carbons (Fsp3) is 0.0833. The Morgan fingerprint density at radius 1 is 1.24 bits per heavy atom. The monoisotopic (exact) mass is 233 g/mol. The maximum absolute atomic E-state index is 10.9. The summed E-state index contributed by atoms with van der Waals surface area (Å²) in [6, 6.07) is 8.04. The zero-order valence-electron chi connectivity index (χ0n) is 9.17. The fourth-order valence-corrected chi connectivity index (χ4v) is 1.26. The minimum Gasteiger partial charge on any atom is -0.493 e. The van der Waals surface area contributed by atoms with Crippen molar-refractivity contribution in [1.82, 2.24) is 0 Å². The van der Waals surface area contributed by atoms with Gasteiger partial charge in [0, 0.05) is 5.56 Å². The Morgan fingerprint density at radius 2 is 1.94 bits per heavy atom. The van der Waals surface area contributed by atoms with Gasteiger partial charge in [-0.2, -0.15) is 0 Å². The predicted molar refractivity (Wildman–Crippen MR) is 60.3 cm³/mol. The normalized spacial score (nSPS) is 9.94. The second kappa shape index (κ2) is 4.61. The zero-order valence-corrected chi connectivity index (χ0v) is 9.17. The van der Waals surface area contributed by atoms with E-state index in [4.69, 9.17) is 19.6 Å². The van der Waals surface area contributed by atoms with Crippen LogP contribution in [0.5, 0.6) is 17.4 Å². The van der Waals surface area contributed by atoms with Gasteiger partial charge in [0.1, 0.15) is 12.0 Å². The van der Waals surface area contributed by atoms with Crippen LogP contribution in [0.4, 0.5) is 0 Å². The number of amides is 1. The van der Waals surface area contributed by atoms with Crippen molar-refractivity contribution < 1.29 is 18.7 Å². The Labute approximate surface area is 97.7 Å². The van der Waals surface area contributed by atoms with E-state index in [1.54, 1.807) is 30.3 Å². The van der Waals surface area contributed by atoms with Crippen LogP contribution in [0, 0.1) is 0 Å². The molecule has 0 saturated carbocycles. The second-order valence-electron chi connectivity index (χ2n) is 3.30. The highest BCUT2D eigenvalue weighted by atomic mass is 16.6. The van der Waals surface area contributed by atoms with Crippen molar-refractivity contribution in [1.29, 1.82) is 0 Å². The summed E-state index contributed by atoms with van der Waals surface area (Å²) < 4.78 is 15.4. The molecule has 0 aliphatic heterocycles. The van der Waals surface area contributed by atoms with E-state index in [0.29, 0.717) is 23.0 Å². The van der Waals surface area contributed by atoms with Crippen LogP contribution < -0.4 is 15.2 Å². The molecule has 0 radical (unpaired) electrons. The summed E-state index contributed by atoms with van der Waals surface area (Å²) >= 11 is 0. The minimum absolute atomic E-state index is 0.314. The maximum Gasteiger partial charge on any atom is 0.293 e. The molecule has 5 heteroatoms. The molecule has 17 heavy (non-hydrogen) atoms. The second-order valence-corrected chi connectivity index (χ2v) is 3.30. The molecule has 0 bridgehead atoms. The molecule has 88 valence electrons. The van der Waals surface area contributed by atoms with Crippen LogP contribution in [0.15, 0.2) is 41.0 Å². The van der Waals surface area contributed by atoms with E-state index < -0.39 is 5.91 Å². The summed E-state index contributed by atoms with van der Waals surface area (Å²) in [5, 5.41) is 0. The smallest absolute Gasteiger partial charge is 0.293 e. The van der Waals surface area contributed by atoms with Gasteiger partial charge in [-0.15, -0.1) is 0 Å². The van der Waals surface area contributed by atoms with E-state index >= 15 is 0 Å². The molecule has 1 heterocycles. The van der Waals surface area contributed by atoms with Crippen LogP contribution in [-0.4, -0.2) is 13.0 Å². The Morgan fingerprint density at radius 3 is 2.47 bits per heavy atom. The SMILES string of the molecule is COc1coc(Oc2ccc(C(N)=O)cc2)c1. The highest BCUT2D eigenvalue weighted by Crippen LogP contribution is 2.27. The summed E-state index contributed by atoms with van der Waals surface area (Å²) in [5.74, 6) is 0.964. The van der Waals surface area contributed by atoms with Crippen LogP contribution in [0.25, 0.3) is 0 Å². The highest BCUT2D eigenvalue weighted by molar-refractivity contribution is 5.92. The molecule has 0 spiro atoms. The molecule has 0 atom stereocenters. The molecule has 1 aromatic carbocycles. The predicted octanol–water partition coefficient (Wildman–Crippen LogP) is 2.18. The lowest BCUT2D eigenvalue weighted by atomic mass is 10.2. The number of primary amides is 1. The third-order valence-corrected chi connectivity index (χ3v) is 2.14. The molecule has 2 aromatic rings. The number of methoxy groups -OCH3 is 1. The molecule has 1 amide bonds. The number of benzene rings is 1. The number of ether oxygens (including phenoxy) is 2. The third kappa shape index (κ3) is 2.57. The Hall–Kier alpha value is -2.43. The van der Waals surface area contributed by atoms with Crippen LogP contribution >= 0.6 is 0 Å². The van der Waals surface area contributed by atoms with Gasteiger partial charge in [0.15, 0.2) is 5.75 Å². The average Bonchev–Trinajstić information content (AvgIpc) is 2.77. The standard InChI is InChI=1S/C12H11NO4/c1-15-10-6-11(16-7-10)17-9-4-2-8(3-5-9)12(13)14/h2-7H,1H3,(H2,13,14). The van der Waals surface area contributed by atoms with E-state index in [1.165, 1.54) is 13.4 Å². The van der Waals surface area contributed by atoms with Gasteiger partial charge in [-0.3, -0.25) is 4.79 Å². The minimum atomic E-state index is -0.476. The lowest BCUT2D eigenvalue weighted by Crippen LogP contribution is -2.10. The average molecular weight is 233 g/mol. The summed E-state index contributed by atoms with van der Waals surface area (Å²) in [6.07, 6.45) is 1.44. The Balaban J connectivity index is 2.10. The van der Waals surface area contributed by atoms with E-state index in [-0.39, 0.29) is 0 Å². The van der Waals surface area contributed by atoms with E-state index in [0.717, 1.165) is 0 Å². The van der Waals surface area contributed by atoms with Crippen LogP contribution in [0.2, 0.25) is 0 Å². The van der Waals surface area contributed by atoms with Crippen LogP contribution in [0.1, 0.15) is 10.4 Å². The first kappa shape index (κ1) is 11.1. The zero-order chi connectivity index (χ0) is 12.3. The Kier molecular flexibility index (Phi) is 3.00. The van der Waals surface area contributed by atoms with Gasteiger partial charge in [-0.05, 0) is 24.3 Å². The molecule has 2 rings (SSSR count). The van der Waals surface area contributed by atoms with Crippen molar-refractivity contribution in [3.8, 4) is 17.4 Å². The van der Waals surface area contributed by atoms with Crippen molar-refractivity contribution >= 4 is 5.91 Å². The molecule has 0 fully saturated rings. The Bertz CT molecular complexity index is 516. The maximum atomic E-state index is 10.9. The largest absolute Gasteiger partial charge is 0.493 e. The first-order chi connectivity index (χ1) is 8.19. The lowest BCUT2D eigenvalue weighted by molar-refractivity contribution is 0.100. The number of hydrogen-bond donors (Lipinski definition) is 1. The molecule has 2 N–H and O–H groups in total. The molecule has 5 nitrogen and oxygen atoms in total. The first-order valence-corrected chi connectivity index (χ1v) is 4.89. The van der Waals surface area contributed by atoms with Crippen LogP contribution in [-0.2, 0) is 0 Å². The first-order valence-electron chi connectivity index (χ1n) is 4.89. The summed E-state index contributed by atoms with van der Waals surface area (Å²) in [5.41, 5.74) is 5.55. The van der Waals surface area contributed by atoms with Gasteiger partial charge >= 0.3 is 0 Å². The van der Waals surface area contributed by atoms with Gasteiger partial charge in [0.25, 0.3) is 5.95 Å². The molecular weight excluding hydrogens is 222 g/mol. The molecule has 0 aliphatic carbocycles. The molecular formula is C12H11NO4. The molecule has 0 unspecified atom stereocenters. The number of nitrogens with two attached hydrogens (primary N) is 1. The molecule has 1 aromatic heterocycles. The summed E-state index contributed by atoms with van der Waals surface area (Å²) in [6.45, 7) is 0. The van der Waals surface area contributed by atoms with Gasteiger partial charge in [0.05, 0.1) is 13.2 Å². The molecule has 0 aliphatic rings. The van der Waals surface area contributed by atoms with Crippen molar-refractivity contribution in [2.24, 2.45) is 5.73 Å². The van der Waals surface area contributed by atoms with E-state index in [9.17, 15) is 4.79 Å². The quantitative estimate of drug-likeness (QED) is 0.878. The van der Waals surface area contributed by atoms with Crippen molar-refractivity contribution in [2.45, 2.75) is 0 Å². The number of hydrogen-bond acceptors (Lipinski definition) is 4. The van der Waals surface area contributed by atoms with E-state index in [1.807, 2.05) is 0 Å². The summed E-state index contributed by atoms with van der Waals surface area (Å²) in [7, 11) is 1.54. The number of rotatable bonds is 4. The third-order valence-electron chi connectivity index (χ3n) is 2.14. The topological polar surface area (TPSA) is 74.7 Å². The fourth-order valence-electron chi connectivity index (χ4n) is 1.26. The molecule has 0 saturated heterocycles. The lowest BCUT2D eigenvalue weighted by Gasteiger charge is -2.01. The van der Waals surface area contributed by atoms with Gasteiger partial charge in [-0.25, -0.2) is 0 Å². The number of furan rings is 1. The highest BCUT2D eigenvalue weighted by Gasteiger charge is 2.05. The summed E-state index contributed by atoms with van der Waals surface area (Å²) in [4.78, 5) is 10.9.